The minimum atomic E-state index is -0.00857. The van der Waals surface area contributed by atoms with E-state index < -0.39 is 0 Å². The van der Waals surface area contributed by atoms with Crippen molar-refractivity contribution in [2.24, 2.45) is 0 Å². The van der Waals surface area contributed by atoms with Crippen molar-refractivity contribution in [1.29, 1.82) is 0 Å². The molecular formula is C16H29N3OS. The van der Waals surface area contributed by atoms with Gasteiger partial charge in [0.05, 0.1) is 17.2 Å². The lowest BCUT2D eigenvalue weighted by molar-refractivity contribution is 0.193. The highest BCUT2D eigenvalue weighted by Gasteiger charge is 2.27. The van der Waals surface area contributed by atoms with Crippen LogP contribution in [0.2, 0.25) is 0 Å². The van der Waals surface area contributed by atoms with Gasteiger partial charge in [0.2, 0.25) is 0 Å². The van der Waals surface area contributed by atoms with Crippen molar-refractivity contribution in [2.45, 2.75) is 59.1 Å². The molecule has 1 aliphatic rings. The molecule has 1 aromatic rings. The van der Waals surface area contributed by atoms with E-state index in [-0.39, 0.29) is 12.0 Å². The molecule has 2 heterocycles. The minimum absolute atomic E-state index is 0.00857. The highest BCUT2D eigenvalue weighted by Crippen LogP contribution is 2.34. The number of piperazine rings is 1. The van der Waals surface area contributed by atoms with Gasteiger partial charge < -0.3 is 10.0 Å². The molecule has 1 N–H and O–H groups in total. The lowest BCUT2D eigenvalue weighted by atomic mass is 9.91. The fraction of sp³-hybridized carbons (Fsp3) is 0.812. The number of aliphatic hydroxyl groups is 1. The number of anilines is 1. The Morgan fingerprint density at radius 1 is 1.24 bits per heavy atom. The molecule has 1 saturated heterocycles. The standard InChI is InChI=1S/C16H29N3OS/c1-6-12(2)18-7-9-19(10-8-18)15-17-14(16(3,4)5)13(11-20)21-15/h12,20H,6-11H2,1-5H3. The zero-order chi connectivity index (χ0) is 15.6. The Hall–Kier alpha value is -0.650. The van der Waals surface area contributed by atoms with Gasteiger partial charge >= 0.3 is 0 Å². The third-order valence-corrected chi connectivity index (χ3v) is 5.44. The highest BCUT2D eigenvalue weighted by atomic mass is 32.1. The Morgan fingerprint density at radius 3 is 2.29 bits per heavy atom. The molecule has 0 amide bonds. The van der Waals surface area contributed by atoms with Gasteiger partial charge in [-0.3, -0.25) is 4.90 Å². The van der Waals surface area contributed by atoms with Crippen molar-refractivity contribution in [3.63, 3.8) is 0 Å². The summed E-state index contributed by atoms with van der Waals surface area (Å²) in [7, 11) is 0. The van der Waals surface area contributed by atoms with Crippen molar-refractivity contribution >= 4 is 16.5 Å². The molecule has 4 nitrogen and oxygen atoms in total. The molecule has 0 spiro atoms. The van der Waals surface area contributed by atoms with Crippen molar-refractivity contribution in [2.75, 3.05) is 31.1 Å². The summed E-state index contributed by atoms with van der Waals surface area (Å²) in [6.07, 6.45) is 1.21. The van der Waals surface area contributed by atoms with Crippen LogP contribution in [0, 0.1) is 0 Å². The van der Waals surface area contributed by atoms with Crippen LogP contribution in [0.4, 0.5) is 5.13 Å². The van der Waals surface area contributed by atoms with E-state index in [9.17, 15) is 5.11 Å². The van der Waals surface area contributed by atoms with E-state index in [1.54, 1.807) is 11.3 Å². The number of rotatable bonds is 4. The minimum Gasteiger partial charge on any atom is -0.391 e. The zero-order valence-corrected chi connectivity index (χ0v) is 14.8. The third kappa shape index (κ3) is 3.76. The molecule has 0 aromatic carbocycles. The lowest BCUT2D eigenvalue weighted by Crippen LogP contribution is -2.49. The van der Waals surface area contributed by atoms with Crippen LogP contribution in [-0.4, -0.2) is 47.2 Å². The molecule has 2 rings (SSSR count). The van der Waals surface area contributed by atoms with Gasteiger partial charge in [0.15, 0.2) is 5.13 Å². The monoisotopic (exact) mass is 311 g/mol. The molecular weight excluding hydrogens is 282 g/mol. The fourth-order valence-electron chi connectivity index (χ4n) is 2.78. The molecule has 0 radical (unpaired) electrons. The van der Waals surface area contributed by atoms with Crippen molar-refractivity contribution in [1.82, 2.24) is 9.88 Å². The van der Waals surface area contributed by atoms with Crippen LogP contribution < -0.4 is 4.90 Å². The maximum absolute atomic E-state index is 9.58. The zero-order valence-electron chi connectivity index (χ0n) is 14.0. The maximum atomic E-state index is 9.58. The second kappa shape index (κ2) is 6.63. The number of nitrogens with zero attached hydrogens (tertiary/aromatic N) is 3. The molecule has 1 aromatic heterocycles. The maximum Gasteiger partial charge on any atom is 0.185 e. The Morgan fingerprint density at radius 2 is 1.86 bits per heavy atom. The lowest BCUT2D eigenvalue weighted by Gasteiger charge is -2.37. The van der Waals surface area contributed by atoms with Crippen molar-refractivity contribution < 1.29 is 5.11 Å². The van der Waals surface area contributed by atoms with E-state index in [1.165, 1.54) is 6.42 Å². The predicted molar refractivity (Wildman–Crippen MR) is 90.3 cm³/mol. The van der Waals surface area contributed by atoms with Crippen LogP contribution in [0.1, 0.15) is 51.6 Å². The van der Waals surface area contributed by atoms with Gasteiger partial charge in [-0.05, 0) is 13.3 Å². The van der Waals surface area contributed by atoms with Gasteiger partial charge in [-0.15, -0.1) is 0 Å². The summed E-state index contributed by atoms with van der Waals surface area (Å²) in [6.45, 7) is 15.4. The quantitative estimate of drug-likeness (QED) is 0.928. The van der Waals surface area contributed by atoms with E-state index in [0.29, 0.717) is 6.04 Å². The smallest absolute Gasteiger partial charge is 0.185 e. The highest BCUT2D eigenvalue weighted by molar-refractivity contribution is 7.15. The van der Waals surface area contributed by atoms with Crippen LogP contribution in [0.3, 0.4) is 0 Å². The van der Waals surface area contributed by atoms with Crippen LogP contribution >= 0.6 is 11.3 Å². The van der Waals surface area contributed by atoms with Crippen LogP contribution in [0.5, 0.6) is 0 Å². The summed E-state index contributed by atoms with van der Waals surface area (Å²) in [5, 5.41) is 10.7. The summed E-state index contributed by atoms with van der Waals surface area (Å²) < 4.78 is 0. The number of aromatic nitrogens is 1. The van der Waals surface area contributed by atoms with Crippen molar-refractivity contribution in [3.05, 3.63) is 10.6 Å². The second-order valence-electron chi connectivity index (χ2n) is 6.96. The first-order valence-electron chi connectivity index (χ1n) is 7.96. The summed E-state index contributed by atoms with van der Waals surface area (Å²) in [5.41, 5.74) is 1.04. The molecule has 120 valence electrons. The summed E-state index contributed by atoms with van der Waals surface area (Å²) in [6, 6.07) is 0.668. The average molecular weight is 311 g/mol. The second-order valence-corrected chi connectivity index (χ2v) is 8.02. The molecule has 0 saturated carbocycles. The molecule has 5 heteroatoms. The first-order valence-corrected chi connectivity index (χ1v) is 8.78. The Bertz CT molecular complexity index is 459. The van der Waals surface area contributed by atoms with E-state index >= 15 is 0 Å². The Kier molecular flexibility index (Phi) is 5.28. The molecule has 0 bridgehead atoms. The van der Waals surface area contributed by atoms with Crippen LogP contribution in [-0.2, 0) is 12.0 Å². The first-order chi connectivity index (χ1) is 9.86. The fourth-order valence-corrected chi connectivity index (χ4v) is 3.96. The normalized spacial score (nSPS) is 19.0. The first kappa shape index (κ1) is 16.7. The summed E-state index contributed by atoms with van der Waals surface area (Å²) in [5.74, 6) is 0. The molecule has 1 unspecified atom stereocenters. The largest absolute Gasteiger partial charge is 0.391 e. The molecule has 1 fully saturated rings. The van der Waals surface area contributed by atoms with Crippen LogP contribution in [0.15, 0.2) is 0 Å². The molecule has 0 aliphatic carbocycles. The van der Waals surface area contributed by atoms with E-state index in [1.807, 2.05) is 0 Å². The molecule has 1 aliphatic heterocycles. The average Bonchev–Trinajstić information content (AvgIpc) is 2.91. The molecule has 1 atom stereocenters. The number of thiazole rings is 1. The number of hydrogen-bond donors (Lipinski definition) is 1. The Labute approximate surface area is 132 Å². The van der Waals surface area contributed by atoms with E-state index in [4.69, 9.17) is 4.98 Å². The SMILES string of the molecule is CCC(C)N1CCN(c2nc(C(C)(C)C)c(CO)s2)CC1. The summed E-state index contributed by atoms with van der Waals surface area (Å²) >= 11 is 1.65. The third-order valence-electron chi connectivity index (χ3n) is 4.34. The topological polar surface area (TPSA) is 39.6 Å². The van der Waals surface area contributed by atoms with Gasteiger partial charge in [0, 0.05) is 37.6 Å². The van der Waals surface area contributed by atoms with Crippen molar-refractivity contribution in [3.8, 4) is 0 Å². The Balaban J connectivity index is 2.09. The van der Waals surface area contributed by atoms with Gasteiger partial charge in [-0.2, -0.15) is 0 Å². The van der Waals surface area contributed by atoms with E-state index in [2.05, 4.69) is 44.4 Å². The predicted octanol–water partition coefficient (Wildman–Crippen LogP) is 2.85. The van der Waals surface area contributed by atoms with Gasteiger partial charge in [-0.1, -0.05) is 39.0 Å². The van der Waals surface area contributed by atoms with E-state index in [0.717, 1.165) is 41.9 Å². The molecule has 21 heavy (non-hydrogen) atoms. The van der Waals surface area contributed by atoms with Gasteiger partial charge in [0.25, 0.3) is 0 Å². The van der Waals surface area contributed by atoms with Gasteiger partial charge in [0.1, 0.15) is 0 Å². The number of hydrogen-bond acceptors (Lipinski definition) is 5. The number of aliphatic hydroxyl groups excluding tert-OH is 1. The van der Waals surface area contributed by atoms with Crippen LogP contribution in [0.25, 0.3) is 0 Å². The summed E-state index contributed by atoms with van der Waals surface area (Å²) in [4.78, 5) is 10.8. The van der Waals surface area contributed by atoms with Gasteiger partial charge in [-0.25, -0.2) is 4.98 Å².